The van der Waals surface area contributed by atoms with E-state index in [9.17, 15) is 32.4 Å². The molecule has 5 rings (SSSR count). The third kappa shape index (κ3) is 8.48. The first kappa shape index (κ1) is 39.7. The van der Waals surface area contributed by atoms with E-state index in [2.05, 4.69) is 29.8 Å². The Balaban J connectivity index is 1.35. The lowest BCUT2D eigenvalue weighted by atomic mass is 9.80. The highest BCUT2D eigenvalue weighted by Crippen LogP contribution is 2.65. The van der Waals surface area contributed by atoms with Crippen molar-refractivity contribution in [2.45, 2.75) is 121 Å². The van der Waals surface area contributed by atoms with Gasteiger partial charge in [-0.3, -0.25) is 19.2 Å². The fourth-order valence-electron chi connectivity index (χ4n) is 8.57. The van der Waals surface area contributed by atoms with Crippen LogP contribution in [-0.2, 0) is 29.2 Å². The van der Waals surface area contributed by atoms with E-state index in [1.807, 2.05) is 20.8 Å². The standard InChI is InChI=1S/C38H58N6O7S/c1-37(2,3)28(22-43(6)52(50,51)25-18-11-8-12-19-25)41-36(49)42-30(24-16-9-7-10-17-24)35(48)44-21-26-29(38(26,4)5)31(44)34(47)40-27(32(45)33(39)46)20-23-14-13-15-23/h8,11-12,18-19,23-24,26-31H,7,9-10,13-17,20-22H2,1-6H3,(H2,39,46)(H,40,47)(H2,41,42,49)/t26-,27?,28+,29-,30-,31-/m0/s1. The zero-order valence-corrected chi connectivity index (χ0v) is 32.3. The molecule has 4 aliphatic rings. The van der Waals surface area contributed by atoms with Crippen LogP contribution in [-0.4, -0.2) is 91.5 Å². The molecule has 1 aromatic carbocycles. The zero-order chi connectivity index (χ0) is 38.2. The number of benzene rings is 1. The lowest BCUT2D eigenvalue weighted by Gasteiger charge is -2.38. The maximum Gasteiger partial charge on any atom is 0.315 e. The molecule has 1 heterocycles. The molecular weight excluding hydrogens is 685 g/mol. The number of carbonyl (C=O) groups is 5. The van der Waals surface area contributed by atoms with Crippen LogP contribution in [0.15, 0.2) is 35.2 Å². The Morgan fingerprint density at radius 2 is 1.58 bits per heavy atom. The Morgan fingerprint density at radius 3 is 2.13 bits per heavy atom. The summed E-state index contributed by atoms with van der Waals surface area (Å²) in [6.45, 7) is 10.2. The number of primary amides is 1. The highest BCUT2D eigenvalue weighted by atomic mass is 32.2. The number of rotatable bonds is 14. The van der Waals surface area contributed by atoms with Gasteiger partial charge in [-0.25, -0.2) is 13.2 Å². The summed E-state index contributed by atoms with van der Waals surface area (Å²) in [5.74, 6) is -2.78. The molecule has 1 unspecified atom stereocenters. The van der Waals surface area contributed by atoms with Crippen LogP contribution in [0.25, 0.3) is 0 Å². The Kier molecular flexibility index (Phi) is 11.8. The Hall–Kier alpha value is -3.52. The maximum atomic E-state index is 14.7. The highest BCUT2D eigenvalue weighted by Gasteiger charge is 2.69. The number of nitrogens with one attached hydrogen (secondary N) is 3. The van der Waals surface area contributed by atoms with Gasteiger partial charge in [-0.2, -0.15) is 4.31 Å². The normalized spacial score (nSPS) is 24.9. The number of fused-ring (bicyclic) bond motifs is 1. The predicted octanol–water partition coefficient (Wildman–Crippen LogP) is 3.18. The minimum atomic E-state index is -3.83. The van der Waals surface area contributed by atoms with Gasteiger partial charge >= 0.3 is 6.03 Å². The summed E-state index contributed by atoms with van der Waals surface area (Å²) < 4.78 is 27.9. The molecule has 4 fully saturated rings. The van der Waals surface area contributed by atoms with Gasteiger partial charge in [-0.1, -0.05) is 91.3 Å². The Morgan fingerprint density at radius 1 is 0.942 bits per heavy atom. The quantitative estimate of drug-likeness (QED) is 0.211. The van der Waals surface area contributed by atoms with Crippen molar-refractivity contribution in [3.8, 4) is 0 Å². The van der Waals surface area contributed by atoms with Gasteiger partial charge in [0.05, 0.1) is 10.9 Å². The van der Waals surface area contributed by atoms with Gasteiger partial charge in [-0.15, -0.1) is 0 Å². The lowest BCUT2D eigenvalue weighted by molar-refractivity contribution is -0.144. The van der Waals surface area contributed by atoms with Crippen LogP contribution in [0, 0.1) is 34.5 Å². The van der Waals surface area contributed by atoms with Crippen LogP contribution in [0.3, 0.4) is 0 Å². The molecule has 288 valence electrons. The van der Waals surface area contributed by atoms with E-state index in [0.29, 0.717) is 13.0 Å². The summed E-state index contributed by atoms with van der Waals surface area (Å²) in [7, 11) is -2.35. The van der Waals surface area contributed by atoms with E-state index in [0.717, 1.165) is 51.4 Å². The van der Waals surface area contributed by atoms with Crippen molar-refractivity contribution in [1.29, 1.82) is 0 Å². The summed E-state index contributed by atoms with van der Waals surface area (Å²) in [5.41, 5.74) is 4.63. The van der Waals surface area contributed by atoms with Crippen LogP contribution in [0.4, 0.5) is 4.79 Å². The summed E-state index contributed by atoms with van der Waals surface area (Å²) in [6, 6.07) is 4.06. The number of urea groups is 1. The van der Waals surface area contributed by atoms with Crippen molar-refractivity contribution >= 4 is 39.6 Å². The molecule has 6 atom stereocenters. The number of nitrogens with zero attached hydrogens (tertiary/aromatic N) is 2. The number of sulfonamides is 1. The van der Waals surface area contributed by atoms with Crippen LogP contribution < -0.4 is 21.7 Å². The number of nitrogens with two attached hydrogens (primary N) is 1. The summed E-state index contributed by atoms with van der Waals surface area (Å²) in [5, 5.41) is 8.79. The third-order valence-electron chi connectivity index (χ3n) is 12.3. The SMILES string of the molecule is CN(C[C@@H](NC(=O)N[C@H](C(=O)N1C[C@H]2[C@@H]([C@H]1C(=O)NC(CC1CCC1)C(=O)C(N)=O)C2(C)C)C1CCCCC1)C(C)(C)C)S(=O)(=O)c1ccccc1. The van der Waals surface area contributed by atoms with E-state index in [4.69, 9.17) is 5.73 Å². The molecule has 3 saturated carbocycles. The molecule has 5 amide bonds. The molecule has 1 saturated heterocycles. The second-order valence-electron chi connectivity index (χ2n) is 17.2. The number of likely N-dealkylation sites (N-methyl/N-ethyl adjacent to an activating group) is 1. The van der Waals surface area contributed by atoms with Gasteiger partial charge in [0.2, 0.25) is 27.6 Å². The number of likely N-dealkylation sites (tertiary alicyclic amines) is 1. The Bertz CT molecular complexity index is 1620. The zero-order valence-electron chi connectivity index (χ0n) is 31.5. The number of carbonyl (C=O) groups excluding carboxylic acids is 5. The molecule has 1 aliphatic heterocycles. The monoisotopic (exact) mass is 742 g/mol. The summed E-state index contributed by atoms with van der Waals surface area (Å²) in [4.78, 5) is 69.1. The lowest BCUT2D eigenvalue weighted by Crippen LogP contribution is -2.61. The van der Waals surface area contributed by atoms with Gasteiger partial charge in [-0.05, 0) is 65.9 Å². The van der Waals surface area contributed by atoms with Crippen molar-refractivity contribution in [2.75, 3.05) is 20.1 Å². The number of Topliss-reactive ketones (excluding diaryl/α,β-unsaturated/α-hetero) is 1. The second-order valence-corrected chi connectivity index (χ2v) is 19.3. The number of piperidine rings is 1. The van der Waals surface area contributed by atoms with Crippen LogP contribution >= 0.6 is 0 Å². The first-order valence-electron chi connectivity index (χ1n) is 18.9. The predicted molar refractivity (Wildman–Crippen MR) is 196 cm³/mol. The fraction of sp³-hybridized carbons (Fsp3) is 0.711. The molecule has 5 N–H and O–H groups in total. The average molecular weight is 743 g/mol. The average Bonchev–Trinajstić information content (AvgIpc) is 3.37. The molecule has 14 heteroatoms. The smallest absolute Gasteiger partial charge is 0.315 e. The van der Waals surface area contributed by atoms with Gasteiger partial charge in [0.1, 0.15) is 12.1 Å². The van der Waals surface area contributed by atoms with E-state index < -0.39 is 63.2 Å². The Labute approximate surface area is 308 Å². The van der Waals surface area contributed by atoms with Crippen LogP contribution in [0.1, 0.15) is 92.4 Å². The van der Waals surface area contributed by atoms with Gasteiger partial charge < -0.3 is 26.6 Å². The molecule has 0 radical (unpaired) electrons. The van der Waals surface area contributed by atoms with Crippen molar-refractivity contribution in [3.63, 3.8) is 0 Å². The van der Waals surface area contributed by atoms with Crippen LogP contribution in [0.2, 0.25) is 0 Å². The number of amides is 5. The molecule has 0 spiro atoms. The summed E-state index contributed by atoms with van der Waals surface area (Å²) >= 11 is 0. The van der Waals surface area contributed by atoms with Gasteiger partial charge in [0.25, 0.3) is 5.91 Å². The van der Waals surface area contributed by atoms with Crippen molar-refractivity contribution in [2.24, 2.45) is 40.2 Å². The van der Waals surface area contributed by atoms with E-state index in [1.165, 1.54) is 23.5 Å². The molecule has 0 aromatic heterocycles. The molecule has 13 nitrogen and oxygen atoms in total. The molecule has 0 bridgehead atoms. The molecular formula is C38H58N6O7S. The largest absolute Gasteiger partial charge is 0.363 e. The van der Waals surface area contributed by atoms with Crippen molar-refractivity contribution in [3.05, 3.63) is 30.3 Å². The third-order valence-corrected chi connectivity index (χ3v) is 14.2. The van der Waals surface area contributed by atoms with E-state index in [-0.39, 0.29) is 46.4 Å². The van der Waals surface area contributed by atoms with Gasteiger partial charge in [0, 0.05) is 26.2 Å². The first-order chi connectivity index (χ1) is 24.3. The van der Waals surface area contributed by atoms with Gasteiger partial charge in [0.15, 0.2) is 0 Å². The summed E-state index contributed by atoms with van der Waals surface area (Å²) in [6.07, 6.45) is 7.49. The van der Waals surface area contributed by atoms with Crippen LogP contribution in [0.5, 0.6) is 0 Å². The fourth-order valence-corrected chi connectivity index (χ4v) is 9.77. The minimum absolute atomic E-state index is 0.00491. The van der Waals surface area contributed by atoms with E-state index in [1.54, 1.807) is 23.1 Å². The first-order valence-corrected chi connectivity index (χ1v) is 20.3. The number of hydrogen-bond donors (Lipinski definition) is 4. The molecule has 52 heavy (non-hydrogen) atoms. The second kappa shape index (κ2) is 15.5. The van der Waals surface area contributed by atoms with E-state index >= 15 is 0 Å². The molecule has 1 aromatic rings. The van der Waals surface area contributed by atoms with Crippen molar-refractivity contribution < 1.29 is 32.4 Å². The molecule has 3 aliphatic carbocycles. The highest BCUT2D eigenvalue weighted by molar-refractivity contribution is 7.89. The van der Waals surface area contributed by atoms with Crippen molar-refractivity contribution in [1.82, 2.24) is 25.2 Å². The maximum absolute atomic E-state index is 14.7. The number of hydrogen-bond acceptors (Lipinski definition) is 7. The number of ketones is 1. The topological polar surface area (TPSA) is 188 Å². The minimum Gasteiger partial charge on any atom is -0.363 e.